The zero-order valence-electron chi connectivity index (χ0n) is 14.4. The van der Waals surface area contributed by atoms with Gasteiger partial charge >= 0.3 is 6.03 Å². The van der Waals surface area contributed by atoms with Crippen LogP contribution in [-0.4, -0.2) is 43.8 Å². The van der Waals surface area contributed by atoms with Gasteiger partial charge in [0.2, 0.25) is 0 Å². The lowest BCUT2D eigenvalue weighted by atomic mass is 10.2. The van der Waals surface area contributed by atoms with Gasteiger partial charge in [-0.25, -0.2) is 4.79 Å². The van der Waals surface area contributed by atoms with Crippen molar-refractivity contribution in [2.24, 2.45) is 0 Å². The number of nitrogens with one attached hydrogen (secondary N) is 1. The molecule has 1 unspecified atom stereocenters. The molecule has 0 fully saturated rings. The fraction of sp³-hybridized carbons (Fsp3) is 0.316. The van der Waals surface area contributed by atoms with Crippen molar-refractivity contribution in [2.45, 2.75) is 13.0 Å². The van der Waals surface area contributed by atoms with Gasteiger partial charge in [0.05, 0.1) is 19.3 Å². The van der Waals surface area contributed by atoms with Gasteiger partial charge in [0.15, 0.2) is 17.6 Å². The lowest BCUT2D eigenvalue weighted by molar-refractivity contribution is 0.0693. The predicted octanol–water partition coefficient (Wildman–Crippen LogP) is 3.39. The third kappa shape index (κ3) is 3.96. The topological polar surface area (TPSA) is 60.0 Å². The van der Waals surface area contributed by atoms with E-state index in [0.717, 1.165) is 5.75 Å². The van der Waals surface area contributed by atoms with Crippen molar-refractivity contribution in [1.29, 1.82) is 0 Å². The highest BCUT2D eigenvalue weighted by atomic mass is 16.6. The first kappa shape index (κ1) is 17.0. The molecule has 0 spiro atoms. The number of fused-ring (bicyclic) bond motifs is 1. The average molecular weight is 342 g/mol. The highest BCUT2D eigenvalue weighted by molar-refractivity contribution is 5.91. The van der Waals surface area contributed by atoms with E-state index in [2.05, 4.69) is 5.32 Å². The zero-order valence-corrected chi connectivity index (χ0v) is 14.4. The van der Waals surface area contributed by atoms with E-state index in [-0.39, 0.29) is 12.1 Å². The summed E-state index contributed by atoms with van der Waals surface area (Å²) in [6, 6.07) is 14.7. The summed E-state index contributed by atoms with van der Waals surface area (Å²) in [5, 5.41) is 2.89. The van der Waals surface area contributed by atoms with E-state index in [9.17, 15) is 4.79 Å². The summed E-state index contributed by atoms with van der Waals surface area (Å²) in [5.41, 5.74) is 0.639. The average Bonchev–Trinajstić information content (AvgIpc) is 2.66. The minimum absolute atomic E-state index is 0.200. The number of carbonyl (C=O) groups is 1. The Morgan fingerprint density at radius 2 is 1.92 bits per heavy atom. The maximum absolute atomic E-state index is 12.6. The number of urea groups is 1. The molecule has 0 saturated carbocycles. The SMILES string of the molecule is CCN(CC1COc2ccccc2O1)C(=O)Nc1ccccc1OC. The Labute approximate surface area is 147 Å². The number of ether oxygens (including phenoxy) is 3. The Hall–Kier alpha value is -2.89. The Morgan fingerprint density at radius 3 is 2.68 bits per heavy atom. The van der Waals surface area contributed by atoms with Crippen LogP contribution in [0.5, 0.6) is 17.2 Å². The number of anilines is 1. The Bertz CT molecular complexity index is 735. The summed E-state index contributed by atoms with van der Waals surface area (Å²) < 4.78 is 16.9. The van der Waals surface area contributed by atoms with Gasteiger partial charge in [-0.3, -0.25) is 0 Å². The molecular weight excluding hydrogens is 320 g/mol. The summed E-state index contributed by atoms with van der Waals surface area (Å²) in [6.07, 6.45) is -0.210. The van der Waals surface area contributed by atoms with E-state index < -0.39 is 0 Å². The van der Waals surface area contributed by atoms with Crippen LogP contribution in [0, 0.1) is 0 Å². The lowest BCUT2D eigenvalue weighted by Gasteiger charge is -2.31. The molecule has 0 aromatic heterocycles. The number of benzene rings is 2. The second-order valence-electron chi connectivity index (χ2n) is 5.67. The van der Waals surface area contributed by atoms with Crippen molar-refractivity contribution in [3.8, 4) is 17.2 Å². The van der Waals surface area contributed by atoms with E-state index in [4.69, 9.17) is 14.2 Å². The van der Waals surface area contributed by atoms with Crippen LogP contribution in [-0.2, 0) is 0 Å². The summed E-state index contributed by atoms with van der Waals surface area (Å²) in [5.74, 6) is 2.07. The molecule has 132 valence electrons. The molecule has 0 aliphatic carbocycles. The van der Waals surface area contributed by atoms with Crippen molar-refractivity contribution in [3.63, 3.8) is 0 Å². The Morgan fingerprint density at radius 1 is 1.20 bits per heavy atom. The molecule has 0 bridgehead atoms. The van der Waals surface area contributed by atoms with Crippen LogP contribution in [0.1, 0.15) is 6.92 Å². The monoisotopic (exact) mass is 342 g/mol. The largest absolute Gasteiger partial charge is 0.495 e. The van der Waals surface area contributed by atoms with Crippen LogP contribution >= 0.6 is 0 Å². The van der Waals surface area contributed by atoms with E-state index in [0.29, 0.717) is 36.9 Å². The fourth-order valence-electron chi connectivity index (χ4n) is 2.70. The molecule has 25 heavy (non-hydrogen) atoms. The Kier molecular flexibility index (Phi) is 5.28. The number of amides is 2. The van der Waals surface area contributed by atoms with Gasteiger partial charge in [-0.2, -0.15) is 0 Å². The van der Waals surface area contributed by atoms with Crippen LogP contribution in [0.4, 0.5) is 10.5 Å². The third-order valence-electron chi connectivity index (χ3n) is 4.01. The number of carbonyl (C=O) groups excluding carboxylic acids is 1. The number of likely N-dealkylation sites (N-methyl/N-ethyl adjacent to an activating group) is 1. The fourth-order valence-corrected chi connectivity index (χ4v) is 2.70. The second-order valence-corrected chi connectivity index (χ2v) is 5.67. The minimum Gasteiger partial charge on any atom is -0.495 e. The second kappa shape index (κ2) is 7.79. The number of nitrogens with zero attached hydrogens (tertiary/aromatic N) is 1. The number of para-hydroxylation sites is 4. The van der Waals surface area contributed by atoms with Crippen molar-refractivity contribution in [2.75, 3.05) is 32.1 Å². The van der Waals surface area contributed by atoms with Crippen molar-refractivity contribution < 1.29 is 19.0 Å². The molecule has 3 rings (SSSR count). The van der Waals surface area contributed by atoms with Gasteiger partial charge in [0.25, 0.3) is 0 Å². The standard InChI is InChI=1S/C19H22N2O4/c1-3-21(19(22)20-15-8-4-5-9-16(15)23-2)12-14-13-24-17-10-6-7-11-18(17)25-14/h4-11,14H,3,12-13H2,1-2H3,(H,20,22). The molecule has 6 heteroatoms. The van der Waals surface area contributed by atoms with Crippen LogP contribution < -0.4 is 19.5 Å². The highest BCUT2D eigenvalue weighted by Gasteiger charge is 2.25. The number of rotatable bonds is 5. The molecule has 1 aliphatic rings. The molecule has 2 amide bonds. The minimum atomic E-state index is -0.210. The van der Waals surface area contributed by atoms with E-state index >= 15 is 0 Å². The first-order valence-corrected chi connectivity index (χ1v) is 8.28. The molecule has 1 aliphatic heterocycles. The third-order valence-corrected chi connectivity index (χ3v) is 4.01. The summed E-state index contributed by atoms with van der Waals surface area (Å²) in [4.78, 5) is 14.3. The molecule has 0 saturated heterocycles. The summed E-state index contributed by atoms with van der Waals surface area (Å²) in [6.45, 7) is 3.34. The summed E-state index contributed by atoms with van der Waals surface area (Å²) >= 11 is 0. The van der Waals surface area contributed by atoms with Crippen molar-refractivity contribution in [3.05, 3.63) is 48.5 Å². The van der Waals surface area contributed by atoms with Crippen LogP contribution in [0.2, 0.25) is 0 Å². The van der Waals surface area contributed by atoms with Gasteiger partial charge in [-0.15, -0.1) is 0 Å². The molecule has 6 nitrogen and oxygen atoms in total. The molecule has 1 N–H and O–H groups in total. The van der Waals surface area contributed by atoms with E-state index in [1.54, 1.807) is 24.1 Å². The van der Waals surface area contributed by atoms with E-state index in [1.807, 2.05) is 43.3 Å². The van der Waals surface area contributed by atoms with Gasteiger partial charge in [-0.1, -0.05) is 24.3 Å². The van der Waals surface area contributed by atoms with E-state index in [1.165, 1.54) is 0 Å². The zero-order chi connectivity index (χ0) is 17.6. The van der Waals surface area contributed by atoms with Crippen LogP contribution in [0.15, 0.2) is 48.5 Å². The molecule has 2 aromatic rings. The molecular formula is C19H22N2O4. The highest BCUT2D eigenvalue weighted by Crippen LogP contribution is 2.31. The first-order chi connectivity index (χ1) is 12.2. The maximum atomic E-state index is 12.6. The van der Waals surface area contributed by atoms with Crippen molar-refractivity contribution in [1.82, 2.24) is 4.90 Å². The number of hydrogen-bond acceptors (Lipinski definition) is 4. The number of hydrogen-bond donors (Lipinski definition) is 1. The number of methoxy groups -OCH3 is 1. The molecule has 0 radical (unpaired) electrons. The van der Waals surface area contributed by atoms with Crippen LogP contribution in [0.3, 0.4) is 0 Å². The first-order valence-electron chi connectivity index (χ1n) is 8.28. The predicted molar refractivity (Wildman–Crippen MR) is 95.6 cm³/mol. The molecule has 2 aromatic carbocycles. The maximum Gasteiger partial charge on any atom is 0.322 e. The quantitative estimate of drug-likeness (QED) is 0.905. The Balaban J connectivity index is 1.63. The molecule has 1 atom stereocenters. The normalized spacial score (nSPS) is 15.4. The van der Waals surface area contributed by atoms with Gasteiger partial charge in [0, 0.05) is 6.54 Å². The van der Waals surface area contributed by atoms with Crippen molar-refractivity contribution >= 4 is 11.7 Å². The summed E-state index contributed by atoms with van der Waals surface area (Å²) in [7, 11) is 1.58. The van der Waals surface area contributed by atoms with Gasteiger partial charge in [0.1, 0.15) is 12.4 Å². The van der Waals surface area contributed by atoms with Gasteiger partial charge < -0.3 is 24.4 Å². The van der Waals surface area contributed by atoms with Crippen LogP contribution in [0.25, 0.3) is 0 Å². The lowest BCUT2D eigenvalue weighted by Crippen LogP contribution is -2.45. The molecule has 1 heterocycles. The van der Waals surface area contributed by atoms with Gasteiger partial charge in [-0.05, 0) is 31.2 Å². The smallest absolute Gasteiger partial charge is 0.322 e.